The summed E-state index contributed by atoms with van der Waals surface area (Å²) in [5.41, 5.74) is 2.88. The number of amides is 2. The van der Waals surface area contributed by atoms with E-state index >= 15 is 0 Å². The molecule has 0 atom stereocenters. The van der Waals surface area contributed by atoms with E-state index < -0.39 is 0 Å². The van der Waals surface area contributed by atoms with Crippen LogP contribution in [0.4, 0.5) is 0 Å². The molecular weight excluding hydrogens is 490 g/mol. The van der Waals surface area contributed by atoms with Gasteiger partial charge in [0.1, 0.15) is 16.6 Å². The molecule has 2 aliphatic heterocycles. The molecule has 6 nitrogen and oxygen atoms in total. The number of likely N-dealkylation sites (tertiary alicyclic amines) is 1. The summed E-state index contributed by atoms with van der Waals surface area (Å²) < 4.78 is 7.76. The largest absolute Gasteiger partial charge is 0.497 e. The average Bonchev–Trinajstić information content (AvgIpc) is 3.36. The molecule has 2 aliphatic rings. The number of hydrogen-bond donors (Lipinski definition) is 0. The van der Waals surface area contributed by atoms with Gasteiger partial charge in [-0.25, -0.2) is 0 Å². The van der Waals surface area contributed by atoms with Crippen molar-refractivity contribution in [3.8, 4) is 5.75 Å². The maximum Gasteiger partial charge on any atom is 0.266 e. The Morgan fingerprint density at radius 1 is 1.14 bits per heavy atom. The first-order chi connectivity index (χ1) is 17.4. The summed E-state index contributed by atoms with van der Waals surface area (Å²) in [4.78, 5) is 30.5. The molecule has 2 fully saturated rings. The first-order valence-electron chi connectivity index (χ1n) is 12.2. The van der Waals surface area contributed by atoms with Crippen molar-refractivity contribution in [2.24, 2.45) is 5.92 Å². The third-order valence-electron chi connectivity index (χ3n) is 6.92. The minimum atomic E-state index is -0.101. The molecule has 0 bridgehead atoms. The zero-order valence-electron chi connectivity index (χ0n) is 20.5. The summed E-state index contributed by atoms with van der Waals surface area (Å²) in [5, 5.41) is 1.01. The molecule has 0 radical (unpaired) electrons. The number of thiocarbonyl (C=S) groups is 1. The highest BCUT2D eigenvalue weighted by molar-refractivity contribution is 8.26. The number of thioether (sulfide) groups is 1. The van der Waals surface area contributed by atoms with Crippen LogP contribution in [0, 0.1) is 5.92 Å². The quantitative estimate of drug-likeness (QED) is 0.326. The van der Waals surface area contributed by atoms with Gasteiger partial charge in [-0.15, -0.1) is 0 Å². The molecule has 1 aromatic heterocycles. The summed E-state index contributed by atoms with van der Waals surface area (Å²) in [6.45, 7) is 4.59. The highest BCUT2D eigenvalue weighted by Gasteiger charge is 2.32. The van der Waals surface area contributed by atoms with Gasteiger partial charge in [0.25, 0.3) is 5.91 Å². The van der Waals surface area contributed by atoms with Gasteiger partial charge in [0.2, 0.25) is 5.91 Å². The van der Waals surface area contributed by atoms with Crippen LogP contribution in [0.2, 0.25) is 0 Å². The van der Waals surface area contributed by atoms with E-state index in [0.717, 1.165) is 53.7 Å². The fourth-order valence-electron chi connectivity index (χ4n) is 4.72. The highest BCUT2D eigenvalue weighted by atomic mass is 32.2. The maximum atomic E-state index is 13.3. The fraction of sp³-hybridized carbons (Fsp3) is 0.321. The molecule has 8 heteroatoms. The Morgan fingerprint density at radius 3 is 2.58 bits per heavy atom. The summed E-state index contributed by atoms with van der Waals surface area (Å²) in [7, 11) is 1.63. The topological polar surface area (TPSA) is 54.8 Å². The van der Waals surface area contributed by atoms with Crippen molar-refractivity contribution in [2.45, 2.75) is 32.9 Å². The Bertz CT molecular complexity index is 1340. The predicted molar refractivity (Wildman–Crippen MR) is 149 cm³/mol. The van der Waals surface area contributed by atoms with E-state index in [-0.39, 0.29) is 11.8 Å². The molecule has 0 aliphatic carbocycles. The number of nitrogens with zero attached hydrogens (tertiary/aromatic N) is 3. The average molecular weight is 520 g/mol. The number of rotatable bonds is 6. The Balaban J connectivity index is 1.37. The Hall–Kier alpha value is -3.10. The SMILES string of the molecule is COc1ccc(CN2C(=O)/C(=C/c3cn(CC(=O)N4CCC(C)CC4)c4ccccc34)SC2=S)cc1. The highest BCUT2D eigenvalue weighted by Crippen LogP contribution is 2.35. The minimum Gasteiger partial charge on any atom is -0.497 e. The van der Waals surface area contributed by atoms with Crippen LogP contribution in [0.5, 0.6) is 5.75 Å². The minimum absolute atomic E-state index is 0.101. The van der Waals surface area contributed by atoms with Crippen molar-refractivity contribution >= 4 is 57.1 Å². The van der Waals surface area contributed by atoms with Crippen LogP contribution >= 0.6 is 24.0 Å². The molecular formula is C28H29N3O3S2. The zero-order chi connectivity index (χ0) is 25.2. The number of fused-ring (bicyclic) bond motifs is 1. The first kappa shape index (κ1) is 24.6. The third kappa shape index (κ3) is 5.06. The van der Waals surface area contributed by atoms with Crippen molar-refractivity contribution in [1.29, 1.82) is 0 Å². The molecule has 36 heavy (non-hydrogen) atoms. The maximum absolute atomic E-state index is 13.3. The van der Waals surface area contributed by atoms with Crippen molar-refractivity contribution < 1.29 is 14.3 Å². The van der Waals surface area contributed by atoms with Gasteiger partial charge in [-0.3, -0.25) is 14.5 Å². The predicted octanol–water partition coefficient (Wildman–Crippen LogP) is 5.31. The number of para-hydroxylation sites is 1. The number of carbonyl (C=O) groups excluding carboxylic acids is 2. The van der Waals surface area contributed by atoms with Crippen LogP contribution in [0.1, 0.15) is 30.9 Å². The van der Waals surface area contributed by atoms with Gasteiger partial charge in [0.05, 0.1) is 18.6 Å². The molecule has 0 unspecified atom stereocenters. The van der Waals surface area contributed by atoms with Crippen LogP contribution < -0.4 is 4.74 Å². The van der Waals surface area contributed by atoms with Crippen LogP contribution in [-0.4, -0.2) is 50.7 Å². The molecule has 0 saturated carbocycles. The van der Waals surface area contributed by atoms with Crippen molar-refractivity contribution in [2.75, 3.05) is 20.2 Å². The van der Waals surface area contributed by atoms with E-state index in [1.807, 2.05) is 70.3 Å². The summed E-state index contributed by atoms with van der Waals surface area (Å²) in [6, 6.07) is 15.6. The first-order valence-corrected chi connectivity index (χ1v) is 13.4. The molecule has 3 aromatic rings. The van der Waals surface area contributed by atoms with Gasteiger partial charge < -0.3 is 14.2 Å². The van der Waals surface area contributed by atoms with Gasteiger partial charge in [-0.05, 0) is 48.6 Å². The molecule has 3 heterocycles. The van der Waals surface area contributed by atoms with Crippen LogP contribution in [0.15, 0.2) is 59.6 Å². The van der Waals surface area contributed by atoms with E-state index in [4.69, 9.17) is 17.0 Å². The second kappa shape index (κ2) is 10.5. The van der Waals surface area contributed by atoms with Gasteiger partial charge in [0, 0.05) is 35.8 Å². The standard InChI is InChI=1S/C28H29N3O3S2/c1-19-11-13-29(14-12-19)26(32)18-30-17-21(23-5-3-4-6-24(23)30)15-25-27(33)31(28(35)36-25)16-20-7-9-22(34-2)10-8-20/h3-10,15,17,19H,11-14,16,18H2,1-2H3/b25-15-. The number of carbonyl (C=O) groups is 2. The molecule has 2 amide bonds. The second-order valence-electron chi connectivity index (χ2n) is 9.41. The van der Waals surface area contributed by atoms with E-state index in [0.29, 0.717) is 28.2 Å². The summed E-state index contributed by atoms with van der Waals surface area (Å²) >= 11 is 6.86. The molecule has 2 saturated heterocycles. The van der Waals surface area contributed by atoms with Crippen LogP contribution in [-0.2, 0) is 22.7 Å². The second-order valence-corrected chi connectivity index (χ2v) is 11.1. The van der Waals surface area contributed by atoms with Crippen molar-refractivity contribution in [1.82, 2.24) is 14.4 Å². The van der Waals surface area contributed by atoms with Crippen molar-refractivity contribution in [3.63, 3.8) is 0 Å². The summed E-state index contributed by atoms with van der Waals surface area (Å²) in [6.07, 6.45) is 5.99. The zero-order valence-corrected chi connectivity index (χ0v) is 22.1. The number of benzene rings is 2. The molecule has 0 spiro atoms. The fourth-order valence-corrected chi connectivity index (χ4v) is 5.96. The van der Waals surface area contributed by atoms with Crippen LogP contribution in [0.25, 0.3) is 17.0 Å². The lowest BCUT2D eigenvalue weighted by Gasteiger charge is -2.30. The number of hydrogen-bond acceptors (Lipinski definition) is 5. The lowest BCUT2D eigenvalue weighted by molar-refractivity contribution is -0.133. The van der Waals surface area contributed by atoms with Crippen molar-refractivity contribution in [3.05, 3.63) is 70.8 Å². The van der Waals surface area contributed by atoms with Gasteiger partial charge in [-0.2, -0.15) is 0 Å². The number of methoxy groups -OCH3 is 1. The van der Waals surface area contributed by atoms with E-state index in [2.05, 4.69) is 6.92 Å². The van der Waals surface area contributed by atoms with Gasteiger partial charge in [0.15, 0.2) is 0 Å². The van der Waals surface area contributed by atoms with E-state index in [9.17, 15) is 9.59 Å². The molecule has 0 N–H and O–H groups in total. The number of ether oxygens (including phenoxy) is 1. The molecule has 2 aromatic carbocycles. The Labute approximate surface area is 220 Å². The number of piperidine rings is 1. The lowest BCUT2D eigenvalue weighted by Crippen LogP contribution is -2.39. The number of aromatic nitrogens is 1. The normalized spacial score (nSPS) is 18.0. The molecule has 5 rings (SSSR count). The monoisotopic (exact) mass is 519 g/mol. The van der Waals surface area contributed by atoms with Gasteiger partial charge >= 0.3 is 0 Å². The van der Waals surface area contributed by atoms with E-state index in [1.54, 1.807) is 12.0 Å². The smallest absolute Gasteiger partial charge is 0.266 e. The molecule has 186 valence electrons. The van der Waals surface area contributed by atoms with Gasteiger partial charge in [-0.1, -0.05) is 61.2 Å². The Morgan fingerprint density at radius 2 is 1.86 bits per heavy atom. The summed E-state index contributed by atoms with van der Waals surface area (Å²) in [5.74, 6) is 1.49. The third-order valence-corrected chi connectivity index (χ3v) is 8.30. The van der Waals surface area contributed by atoms with Crippen LogP contribution in [0.3, 0.4) is 0 Å². The Kier molecular flexibility index (Phi) is 7.16. The lowest BCUT2D eigenvalue weighted by atomic mass is 9.99. The van der Waals surface area contributed by atoms with E-state index in [1.165, 1.54) is 11.8 Å².